The summed E-state index contributed by atoms with van der Waals surface area (Å²) in [5.74, 6) is -3.02. The van der Waals surface area contributed by atoms with Gasteiger partial charge in [0, 0.05) is 7.92 Å². The number of aliphatic carboxylic acids is 2. The summed E-state index contributed by atoms with van der Waals surface area (Å²) in [4.78, 5) is 34.0. The zero-order valence-electron chi connectivity index (χ0n) is 9.96. The average molecular weight is 276 g/mol. The van der Waals surface area contributed by atoms with Crippen LogP contribution in [-0.2, 0) is 9.59 Å². The lowest BCUT2D eigenvalue weighted by Crippen LogP contribution is -2.46. The van der Waals surface area contributed by atoms with Crippen molar-refractivity contribution in [3.05, 3.63) is 0 Å². The zero-order valence-corrected chi connectivity index (χ0v) is 10.9. The maximum absolute atomic E-state index is 11.4. The molecule has 0 aliphatic carbocycles. The van der Waals surface area contributed by atoms with Crippen LogP contribution in [0.2, 0.25) is 0 Å². The molecular formula is C11H17O6P. The lowest BCUT2D eigenvalue weighted by atomic mass is 10.00. The van der Waals surface area contributed by atoms with Crippen molar-refractivity contribution in [2.45, 2.75) is 43.7 Å². The minimum absolute atomic E-state index is 0.0876. The average Bonchev–Trinajstić information content (AvgIpc) is 2.37. The summed E-state index contributed by atoms with van der Waals surface area (Å²) < 4.78 is 0. The van der Waals surface area contributed by atoms with Crippen LogP contribution in [0, 0.1) is 0 Å². The quantitative estimate of drug-likeness (QED) is 0.539. The first kappa shape index (κ1) is 14.9. The van der Waals surface area contributed by atoms with E-state index >= 15 is 0 Å². The van der Waals surface area contributed by atoms with Crippen LogP contribution in [0.1, 0.15) is 38.5 Å². The predicted octanol–water partition coefficient (Wildman–Crippen LogP) is 2.41. The summed E-state index contributed by atoms with van der Waals surface area (Å²) in [7, 11) is -2.10. The summed E-state index contributed by atoms with van der Waals surface area (Å²) in [6, 6.07) is 0. The summed E-state index contributed by atoms with van der Waals surface area (Å²) in [5.41, 5.74) is -1.27. The van der Waals surface area contributed by atoms with Crippen LogP contribution >= 0.6 is 7.92 Å². The largest absolute Gasteiger partial charge is 0.480 e. The molecule has 3 N–H and O–H groups in total. The van der Waals surface area contributed by atoms with E-state index in [2.05, 4.69) is 0 Å². The number of carboxylic acid groups (broad SMARTS) is 3. The Morgan fingerprint density at radius 3 is 1.83 bits per heavy atom. The van der Waals surface area contributed by atoms with Crippen LogP contribution in [0.4, 0.5) is 4.79 Å². The molecule has 1 unspecified atom stereocenters. The zero-order chi connectivity index (χ0) is 13.8. The molecule has 1 heterocycles. The van der Waals surface area contributed by atoms with Gasteiger partial charge in [0.2, 0.25) is 0 Å². The Hall–Kier alpha value is -1.16. The van der Waals surface area contributed by atoms with Gasteiger partial charge in [0.05, 0.1) is 0 Å². The van der Waals surface area contributed by atoms with Gasteiger partial charge in [-0.3, -0.25) is 9.59 Å². The number of rotatable bonds is 3. The summed E-state index contributed by atoms with van der Waals surface area (Å²) in [6.07, 6.45) is 3.61. The van der Waals surface area contributed by atoms with E-state index in [9.17, 15) is 29.7 Å². The smallest absolute Gasteiger partial charge is 0.326 e. The normalized spacial score (nSPS) is 24.3. The van der Waals surface area contributed by atoms with Gasteiger partial charge in [-0.1, -0.05) is 25.7 Å². The first-order chi connectivity index (χ1) is 8.43. The molecule has 0 bridgehead atoms. The molecule has 0 aromatic rings. The molecule has 0 amide bonds. The summed E-state index contributed by atoms with van der Waals surface area (Å²) in [5, 5.41) is 25.6. The third-order valence-electron chi connectivity index (χ3n) is 3.32. The van der Waals surface area contributed by atoms with Gasteiger partial charge in [0.25, 0.3) is 0 Å². The minimum Gasteiger partial charge on any atom is -0.480 e. The molecule has 102 valence electrons. The Balaban J connectivity index is 3.19. The van der Waals surface area contributed by atoms with Gasteiger partial charge in [-0.2, -0.15) is 0 Å². The highest BCUT2D eigenvalue weighted by Crippen LogP contribution is 2.54. The molecule has 1 atom stereocenters. The van der Waals surface area contributed by atoms with E-state index in [0.717, 1.165) is 19.3 Å². The number of hydrogen-bond acceptors (Lipinski definition) is 3. The Kier molecular flexibility index (Phi) is 5.08. The third kappa shape index (κ3) is 2.80. The molecule has 7 heteroatoms. The second-order valence-corrected chi connectivity index (χ2v) is 6.87. The van der Waals surface area contributed by atoms with E-state index in [0.29, 0.717) is 12.8 Å². The molecule has 1 aliphatic rings. The Labute approximate surface area is 106 Å². The van der Waals surface area contributed by atoms with E-state index in [1.807, 2.05) is 0 Å². The SMILES string of the molecule is O=C(O)P1CCCCCCCC1(C(=O)O)C(=O)O. The van der Waals surface area contributed by atoms with Crippen molar-refractivity contribution >= 4 is 25.6 Å². The highest BCUT2D eigenvalue weighted by Gasteiger charge is 2.55. The van der Waals surface area contributed by atoms with Gasteiger partial charge in [-0.25, -0.2) is 4.79 Å². The van der Waals surface area contributed by atoms with Gasteiger partial charge in [0.1, 0.15) is 0 Å². The van der Waals surface area contributed by atoms with Crippen LogP contribution in [0.5, 0.6) is 0 Å². The minimum atomic E-state index is -2.12. The first-order valence-electron chi connectivity index (χ1n) is 5.90. The van der Waals surface area contributed by atoms with E-state index in [1.54, 1.807) is 0 Å². The lowest BCUT2D eigenvalue weighted by Gasteiger charge is -2.30. The molecule has 0 radical (unpaired) electrons. The van der Waals surface area contributed by atoms with Crippen molar-refractivity contribution in [2.75, 3.05) is 6.16 Å². The van der Waals surface area contributed by atoms with Crippen LogP contribution in [0.3, 0.4) is 0 Å². The van der Waals surface area contributed by atoms with Crippen molar-refractivity contribution in [1.82, 2.24) is 0 Å². The van der Waals surface area contributed by atoms with Gasteiger partial charge < -0.3 is 15.3 Å². The third-order valence-corrected chi connectivity index (χ3v) is 6.07. The predicted molar refractivity (Wildman–Crippen MR) is 65.5 cm³/mol. The molecule has 0 saturated carbocycles. The lowest BCUT2D eigenvalue weighted by molar-refractivity contribution is -0.152. The standard InChI is InChI=1S/C11H17O6P/c12-8(13)11(9(14)15)6-4-2-1-3-5-7-18(11)10(16)17/h1-7H2,(H,12,13)(H,14,15)(H,16,17). The summed E-state index contributed by atoms with van der Waals surface area (Å²) in [6.45, 7) is 0. The maximum Gasteiger partial charge on any atom is 0.326 e. The number of carbonyl (C=O) groups is 3. The van der Waals surface area contributed by atoms with E-state index in [1.165, 1.54) is 0 Å². The molecule has 18 heavy (non-hydrogen) atoms. The Bertz CT molecular complexity index is 339. The van der Waals surface area contributed by atoms with Gasteiger partial charge in [0.15, 0.2) is 5.16 Å². The monoisotopic (exact) mass is 276 g/mol. The van der Waals surface area contributed by atoms with Crippen molar-refractivity contribution < 1.29 is 29.7 Å². The highest BCUT2D eigenvalue weighted by molar-refractivity contribution is 7.77. The molecule has 1 aliphatic heterocycles. The van der Waals surface area contributed by atoms with E-state index in [-0.39, 0.29) is 12.6 Å². The van der Waals surface area contributed by atoms with Crippen molar-refractivity contribution in [2.24, 2.45) is 0 Å². The second kappa shape index (κ2) is 6.14. The van der Waals surface area contributed by atoms with Crippen molar-refractivity contribution in [3.63, 3.8) is 0 Å². The fourth-order valence-corrected chi connectivity index (χ4v) is 4.63. The molecule has 0 spiro atoms. The van der Waals surface area contributed by atoms with Gasteiger partial charge >= 0.3 is 17.6 Å². The topological polar surface area (TPSA) is 112 Å². The fourth-order valence-electron chi connectivity index (χ4n) is 2.30. The number of carboxylic acids is 2. The summed E-state index contributed by atoms with van der Waals surface area (Å²) >= 11 is 0. The van der Waals surface area contributed by atoms with Crippen LogP contribution in [-0.4, -0.2) is 44.3 Å². The van der Waals surface area contributed by atoms with Crippen molar-refractivity contribution in [1.29, 1.82) is 0 Å². The fraction of sp³-hybridized carbons (Fsp3) is 0.727. The van der Waals surface area contributed by atoms with Crippen LogP contribution in [0.15, 0.2) is 0 Å². The molecule has 1 saturated heterocycles. The van der Waals surface area contributed by atoms with Crippen LogP contribution < -0.4 is 0 Å². The van der Waals surface area contributed by atoms with Gasteiger partial charge in [-0.05, 0) is 19.0 Å². The molecule has 1 rings (SSSR count). The van der Waals surface area contributed by atoms with Crippen molar-refractivity contribution in [3.8, 4) is 0 Å². The molecule has 1 fully saturated rings. The molecule has 0 aromatic heterocycles. The first-order valence-corrected chi connectivity index (χ1v) is 7.43. The Morgan fingerprint density at radius 2 is 1.33 bits per heavy atom. The Morgan fingerprint density at radius 1 is 0.833 bits per heavy atom. The molecule has 0 aromatic carbocycles. The second-order valence-electron chi connectivity index (χ2n) is 4.42. The maximum atomic E-state index is 11.4. The van der Waals surface area contributed by atoms with E-state index < -0.39 is 30.7 Å². The molecular weight excluding hydrogens is 259 g/mol. The highest BCUT2D eigenvalue weighted by atomic mass is 31.1. The number of hydrogen-bond donors (Lipinski definition) is 3. The van der Waals surface area contributed by atoms with Crippen LogP contribution in [0.25, 0.3) is 0 Å². The van der Waals surface area contributed by atoms with Gasteiger partial charge in [-0.15, -0.1) is 0 Å². The van der Waals surface area contributed by atoms with E-state index in [4.69, 9.17) is 0 Å². The molecule has 6 nitrogen and oxygen atoms in total.